The van der Waals surface area contributed by atoms with Gasteiger partial charge in [-0.3, -0.25) is 9.59 Å². The van der Waals surface area contributed by atoms with Crippen LogP contribution in [-0.4, -0.2) is 55.2 Å². The van der Waals surface area contributed by atoms with Crippen LogP contribution in [0.2, 0.25) is 0 Å². The minimum absolute atomic E-state index is 0.0194. The Morgan fingerprint density at radius 2 is 2.13 bits per heavy atom. The van der Waals surface area contributed by atoms with E-state index >= 15 is 0 Å². The molecule has 1 N–H and O–H groups in total. The number of morpholine rings is 1. The van der Waals surface area contributed by atoms with E-state index in [4.69, 9.17) is 9.47 Å². The van der Waals surface area contributed by atoms with Gasteiger partial charge in [0.2, 0.25) is 5.91 Å². The van der Waals surface area contributed by atoms with Gasteiger partial charge in [-0.1, -0.05) is 0 Å². The van der Waals surface area contributed by atoms with E-state index in [9.17, 15) is 9.59 Å². The Morgan fingerprint density at radius 3 is 2.87 bits per heavy atom. The van der Waals surface area contributed by atoms with E-state index in [0.29, 0.717) is 31.1 Å². The number of ether oxygens (including phenoxy) is 2. The van der Waals surface area contributed by atoms with E-state index in [2.05, 4.69) is 5.32 Å². The molecule has 2 aliphatic heterocycles. The van der Waals surface area contributed by atoms with Crippen molar-refractivity contribution < 1.29 is 19.1 Å². The van der Waals surface area contributed by atoms with Crippen LogP contribution in [0.25, 0.3) is 0 Å². The second-order valence-corrected chi connectivity index (χ2v) is 7.06. The third-order valence-electron chi connectivity index (χ3n) is 4.14. The van der Waals surface area contributed by atoms with E-state index in [1.165, 1.54) is 18.3 Å². The zero-order valence-corrected chi connectivity index (χ0v) is 14.1. The summed E-state index contributed by atoms with van der Waals surface area (Å²) in [4.78, 5) is 27.2. The first-order valence-electron chi connectivity index (χ1n) is 7.99. The molecular weight excluding hydrogens is 316 g/mol. The van der Waals surface area contributed by atoms with Gasteiger partial charge in [-0.05, 0) is 25.0 Å². The summed E-state index contributed by atoms with van der Waals surface area (Å²) < 4.78 is 11.5. The number of nitrogens with one attached hydrogen (secondary N) is 1. The third kappa shape index (κ3) is 4.10. The third-order valence-corrected chi connectivity index (χ3v) is 5.22. The molecule has 0 radical (unpaired) electrons. The lowest BCUT2D eigenvalue weighted by atomic mass is 10.1. The first-order chi connectivity index (χ1) is 11.1. The van der Waals surface area contributed by atoms with E-state index in [1.807, 2.05) is 17.0 Å². The highest BCUT2D eigenvalue weighted by molar-refractivity contribution is 7.14. The van der Waals surface area contributed by atoms with E-state index in [-0.39, 0.29) is 24.0 Å². The van der Waals surface area contributed by atoms with Crippen LogP contribution in [0.4, 0.5) is 0 Å². The van der Waals surface area contributed by atoms with Crippen LogP contribution in [0.5, 0.6) is 0 Å². The summed E-state index contributed by atoms with van der Waals surface area (Å²) in [6, 6.07) is 3.73. The van der Waals surface area contributed by atoms with Crippen LogP contribution < -0.4 is 5.32 Å². The summed E-state index contributed by atoms with van der Waals surface area (Å²) >= 11 is 1.43. The van der Waals surface area contributed by atoms with Crippen molar-refractivity contribution >= 4 is 23.2 Å². The normalized spacial score (nSPS) is 24.7. The maximum Gasteiger partial charge on any atom is 0.264 e. The highest BCUT2D eigenvalue weighted by Crippen LogP contribution is 2.23. The predicted octanol–water partition coefficient (Wildman–Crippen LogP) is 1.40. The molecule has 3 rings (SSSR count). The van der Waals surface area contributed by atoms with Crippen LogP contribution in [0.1, 0.15) is 34.3 Å². The topological polar surface area (TPSA) is 67.9 Å². The number of hydrogen-bond donors (Lipinski definition) is 1. The van der Waals surface area contributed by atoms with Gasteiger partial charge in [-0.2, -0.15) is 0 Å². The molecule has 2 aliphatic rings. The van der Waals surface area contributed by atoms with Gasteiger partial charge in [0.05, 0.1) is 24.1 Å². The van der Waals surface area contributed by atoms with Gasteiger partial charge in [0.1, 0.15) is 6.10 Å². The van der Waals surface area contributed by atoms with Gasteiger partial charge in [0.25, 0.3) is 5.91 Å². The van der Waals surface area contributed by atoms with Gasteiger partial charge in [-0.25, -0.2) is 0 Å². The molecule has 0 unspecified atom stereocenters. The van der Waals surface area contributed by atoms with Gasteiger partial charge < -0.3 is 19.7 Å². The molecule has 126 valence electrons. The molecule has 2 saturated heterocycles. The smallest absolute Gasteiger partial charge is 0.264 e. The molecule has 0 aromatic carbocycles. The quantitative estimate of drug-likeness (QED) is 0.901. The average Bonchev–Trinajstić information content (AvgIpc) is 3.24. The Kier molecular flexibility index (Phi) is 5.30. The van der Waals surface area contributed by atoms with E-state index in [1.54, 1.807) is 0 Å². The highest BCUT2D eigenvalue weighted by Gasteiger charge is 2.33. The van der Waals surface area contributed by atoms with Crippen molar-refractivity contribution in [2.24, 2.45) is 0 Å². The van der Waals surface area contributed by atoms with Crippen LogP contribution in [-0.2, 0) is 20.8 Å². The highest BCUT2D eigenvalue weighted by atomic mass is 32.1. The Labute approximate surface area is 139 Å². The van der Waals surface area contributed by atoms with Crippen molar-refractivity contribution in [2.75, 3.05) is 26.3 Å². The number of amides is 2. The van der Waals surface area contributed by atoms with Crippen molar-refractivity contribution in [3.63, 3.8) is 0 Å². The van der Waals surface area contributed by atoms with Crippen LogP contribution in [0.3, 0.4) is 0 Å². The molecule has 1 aromatic rings. The van der Waals surface area contributed by atoms with Gasteiger partial charge in [0, 0.05) is 31.5 Å². The summed E-state index contributed by atoms with van der Waals surface area (Å²) in [5.41, 5.74) is 0. The van der Waals surface area contributed by atoms with Crippen molar-refractivity contribution in [3.8, 4) is 0 Å². The molecule has 0 bridgehead atoms. The standard InChI is InChI=1S/C16H22N2O4S/c1-11(19)17-9-12-4-5-15(23-12)16(20)18-6-8-22-14(10-18)13-3-2-7-21-13/h4-5,13-14H,2-3,6-10H2,1H3,(H,17,19)/t13-,14+/m0/s1. The summed E-state index contributed by atoms with van der Waals surface area (Å²) in [6.07, 6.45) is 2.17. The molecule has 2 fully saturated rings. The van der Waals surface area contributed by atoms with E-state index < -0.39 is 0 Å². The average molecular weight is 338 g/mol. The molecule has 6 nitrogen and oxygen atoms in total. The number of thiophene rings is 1. The Morgan fingerprint density at radius 1 is 1.30 bits per heavy atom. The molecule has 3 heterocycles. The maximum absolute atomic E-state index is 12.7. The fraction of sp³-hybridized carbons (Fsp3) is 0.625. The first kappa shape index (κ1) is 16.4. The zero-order chi connectivity index (χ0) is 16.2. The van der Waals surface area contributed by atoms with E-state index in [0.717, 1.165) is 24.3 Å². The minimum Gasteiger partial charge on any atom is -0.375 e. The van der Waals surface area contributed by atoms with Crippen molar-refractivity contribution in [1.82, 2.24) is 10.2 Å². The van der Waals surface area contributed by atoms with Crippen molar-refractivity contribution in [3.05, 3.63) is 21.9 Å². The largest absolute Gasteiger partial charge is 0.375 e. The second-order valence-electron chi connectivity index (χ2n) is 5.89. The lowest BCUT2D eigenvalue weighted by molar-refractivity contribution is -0.119. The Bertz CT molecular complexity index is 568. The first-order valence-corrected chi connectivity index (χ1v) is 8.81. The molecule has 0 saturated carbocycles. The minimum atomic E-state index is -0.0705. The molecule has 0 spiro atoms. The molecular formula is C16H22N2O4S. The van der Waals surface area contributed by atoms with Crippen LogP contribution >= 0.6 is 11.3 Å². The molecule has 7 heteroatoms. The Balaban J connectivity index is 1.59. The number of hydrogen-bond acceptors (Lipinski definition) is 5. The Hall–Kier alpha value is -1.44. The van der Waals surface area contributed by atoms with Crippen molar-refractivity contribution in [2.45, 2.75) is 38.5 Å². The fourth-order valence-electron chi connectivity index (χ4n) is 2.94. The monoisotopic (exact) mass is 338 g/mol. The SMILES string of the molecule is CC(=O)NCc1ccc(C(=O)N2CCO[C@@H]([C@@H]3CCCO3)C2)s1. The lowest BCUT2D eigenvalue weighted by Gasteiger charge is -2.35. The molecule has 0 aliphatic carbocycles. The number of rotatable bonds is 4. The number of carbonyl (C=O) groups is 2. The number of carbonyl (C=O) groups excluding carboxylic acids is 2. The summed E-state index contributed by atoms with van der Waals surface area (Å²) in [5, 5.41) is 2.75. The van der Waals surface area contributed by atoms with Crippen LogP contribution in [0, 0.1) is 0 Å². The summed E-state index contributed by atoms with van der Waals surface area (Å²) in [5.74, 6) is -0.0331. The lowest BCUT2D eigenvalue weighted by Crippen LogP contribution is -2.49. The van der Waals surface area contributed by atoms with Gasteiger partial charge in [0.15, 0.2) is 0 Å². The predicted molar refractivity (Wildman–Crippen MR) is 86.5 cm³/mol. The fourth-order valence-corrected chi connectivity index (χ4v) is 3.85. The summed E-state index contributed by atoms with van der Waals surface area (Å²) in [7, 11) is 0. The zero-order valence-electron chi connectivity index (χ0n) is 13.2. The summed E-state index contributed by atoms with van der Waals surface area (Å²) in [6.45, 7) is 4.49. The molecule has 1 aromatic heterocycles. The molecule has 2 amide bonds. The number of nitrogens with zero attached hydrogens (tertiary/aromatic N) is 1. The second kappa shape index (κ2) is 7.42. The van der Waals surface area contributed by atoms with Crippen LogP contribution in [0.15, 0.2) is 12.1 Å². The molecule has 2 atom stereocenters. The van der Waals surface area contributed by atoms with Crippen molar-refractivity contribution in [1.29, 1.82) is 0 Å². The maximum atomic E-state index is 12.7. The van der Waals surface area contributed by atoms with Gasteiger partial charge >= 0.3 is 0 Å². The molecule has 23 heavy (non-hydrogen) atoms. The van der Waals surface area contributed by atoms with Gasteiger partial charge in [-0.15, -0.1) is 11.3 Å².